The van der Waals surface area contributed by atoms with Gasteiger partial charge in [0, 0.05) is 12.6 Å². The largest absolute Gasteiger partial charge is 0.368 e. The van der Waals surface area contributed by atoms with Gasteiger partial charge < -0.3 is 10.6 Å². The molecule has 0 spiro atoms. The molecule has 7 nitrogen and oxygen atoms in total. The summed E-state index contributed by atoms with van der Waals surface area (Å²) in [5.41, 5.74) is 0.189. The number of hydrogen-bond donors (Lipinski definition) is 2. The fraction of sp³-hybridized carbons (Fsp3) is 0.615. The van der Waals surface area contributed by atoms with Gasteiger partial charge in [-0.05, 0) is 24.5 Å². The molecule has 1 aromatic rings. The SMILES string of the molecule is CC(C)CNc1ccc(C(=O)NC2CCS(=O)(=O)C2)nn1. The Morgan fingerprint density at radius 3 is 2.67 bits per heavy atom. The van der Waals surface area contributed by atoms with Crippen LogP contribution in [0.5, 0.6) is 0 Å². The number of anilines is 1. The average molecular weight is 312 g/mol. The normalized spacial score (nSPS) is 20.4. The molecule has 1 fully saturated rings. The van der Waals surface area contributed by atoms with Crippen LogP contribution in [0.3, 0.4) is 0 Å². The van der Waals surface area contributed by atoms with E-state index in [1.807, 2.05) is 0 Å². The zero-order valence-corrected chi connectivity index (χ0v) is 13.0. The number of hydrogen-bond acceptors (Lipinski definition) is 6. The average Bonchev–Trinajstić information content (AvgIpc) is 2.76. The lowest BCUT2D eigenvalue weighted by atomic mass is 10.2. The van der Waals surface area contributed by atoms with Gasteiger partial charge >= 0.3 is 0 Å². The van der Waals surface area contributed by atoms with E-state index in [2.05, 4.69) is 34.7 Å². The first-order chi connectivity index (χ1) is 9.85. The van der Waals surface area contributed by atoms with E-state index < -0.39 is 9.84 Å². The highest BCUT2D eigenvalue weighted by molar-refractivity contribution is 7.91. The number of aromatic nitrogens is 2. The van der Waals surface area contributed by atoms with Crippen LogP contribution in [0, 0.1) is 5.92 Å². The molecule has 2 rings (SSSR count). The van der Waals surface area contributed by atoms with Crippen molar-refractivity contribution in [2.24, 2.45) is 5.92 Å². The minimum atomic E-state index is -3.01. The lowest BCUT2D eigenvalue weighted by Crippen LogP contribution is -2.36. The molecule has 1 aliphatic rings. The molecule has 21 heavy (non-hydrogen) atoms. The van der Waals surface area contributed by atoms with Crippen LogP contribution in [0.4, 0.5) is 5.82 Å². The molecule has 1 saturated heterocycles. The number of carbonyl (C=O) groups is 1. The molecule has 2 N–H and O–H groups in total. The van der Waals surface area contributed by atoms with Crippen molar-refractivity contribution in [2.75, 3.05) is 23.4 Å². The van der Waals surface area contributed by atoms with Crippen molar-refractivity contribution in [1.82, 2.24) is 15.5 Å². The van der Waals surface area contributed by atoms with Crippen molar-refractivity contribution in [3.8, 4) is 0 Å². The molecule has 0 bridgehead atoms. The standard InChI is InChI=1S/C13H20N4O3S/c1-9(2)7-14-12-4-3-11(16-17-12)13(18)15-10-5-6-21(19,20)8-10/h3-4,9-10H,5-8H2,1-2H3,(H,14,17)(H,15,18). The number of nitrogens with one attached hydrogen (secondary N) is 2. The Kier molecular flexibility index (Phi) is 4.76. The predicted molar refractivity (Wildman–Crippen MR) is 79.9 cm³/mol. The predicted octanol–water partition coefficient (Wildman–Crippen LogP) is 0.461. The Morgan fingerprint density at radius 2 is 2.14 bits per heavy atom. The van der Waals surface area contributed by atoms with Crippen molar-refractivity contribution in [3.63, 3.8) is 0 Å². The lowest BCUT2D eigenvalue weighted by Gasteiger charge is -2.10. The Bertz CT molecular complexity index is 598. The Morgan fingerprint density at radius 1 is 1.38 bits per heavy atom. The van der Waals surface area contributed by atoms with Crippen LogP contribution in [-0.2, 0) is 9.84 Å². The van der Waals surface area contributed by atoms with Crippen molar-refractivity contribution < 1.29 is 13.2 Å². The summed E-state index contributed by atoms with van der Waals surface area (Å²) in [5, 5.41) is 13.6. The lowest BCUT2D eigenvalue weighted by molar-refractivity contribution is 0.0935. The Labute approximate surface area is 124 Å². The van der Waals surface area contributed by atoms with E-state index in [1.54, 1.807) is 12.1 Å². The van der Waals surface area contributed by atoms with Gasteiger partial charge in [0.05, 0.1) is 11.5 Å². The van der Waals surface area contributed by atoms with Gasteiger partial charge in [0.25, 0.3) is 5.91 Å². The summed E-state index contributed by atoms with van der Waals surface area (Å²) in [6.45, 7) is 4.94. The monoisotopic (exact) mass is 312 g/mol. The second kappa shape index (κ2) is 6.38. The third-order valence-corrected chi connectivity index (χ3v) is 4.92. The van der Waals surface area contributed by atoms with Gasteiger partial charge in [0.2, 0.25) is 0 Å². The van der Waals surface area contributed by atoms with Gasteiger partial charge in [-0.2, -0.15) is 0 Å². The van der Waals surface area contributed by atoms with Crippen molar-refractivity contribution in [3.05, 3.63) is 17.8 Å². The molecule has 0 aliphatic carbocycles. The number of carbonyl (C=O) groups excluding carboxylic acids is 1. The van der Waals surface area contributed by atoms with Gasteiger partial charge in [-0.15, -0.1) is 10.2 Å². The topological polar surface area (TPSA) is 101 Å². The molecule has 0 saturated carbocycles. The van der Waals surface area contributed by atoms with E-state index >= 15 is 0 Å². The molecule has 8 heteroatoms. The number of amides is 1. The van der Waals surface area contributed by atoms with Gasteiger partial charge in [0.1, 0.15) is 5.82 Å². The second-order valence-electron chi connectivity index (χ2n) is 5.65. The van der Waals surface area contributed by atoms with E-state index in [0.717, 1.165) is 6.54 Å². The van der Waals surface area contributed by atoms with Gasteiger partial charge in [-0.25, -0.2) is 8.42 Å². The van der Waals surface area contributed by atoms with Crippen LogP contribution in [-0.4, -0.2) is 48.6 Å². The first-order valence-electron chi connectivity index (χ1n) is 6.94. The molecule has 1 aromatic heterocycles. The summed E-state index contributed by atoms with van der Waals surface area (Å²) in [6, 6.07) is 2.94. The summed E-state index contributed by atoms with van der Waals surface area (Å²) in [7, 11) is -3.01. The zero-order valence-electron chi connectivity index (χ0n) is 12.2. The third-order valence-electron chi connectivity index (χ3n) is 3.16. The molecule has 1 amide bonds. The first-order valence-corrected chi connectivity index (χ1v) is 8.77. The molecule has 0 radical (unpaired) electrons. The third kappa shape index (κ3) is 4.66. The summed E-state index contributed by atoms with van der Waals surface area (Å²) < 4.78 is 22.7. The van der Waals surface area contributed by atoms with Crippen LogP contribution in [0.1, 0.15) is 30.8 Å². The number of nitrogens with zero attached hydrogens (tertiary/aromatic N) is 2. The Balaban J connectivity index is 1.91. The second-order valence-corrected chi connectivity index (χ2v) is 7.88. The molecule has 2 heterocycles. The zero-order chi connectivity index (χ0) is 15.5. The summed E-state index contributed by atoms with van der Waals surface area (Å²) in [6.07, 6.45) is 0.454. The van der Waals surface area contributed by atoms with Crippen molar-refractivity contribution in [1.29, 1.82) is 0 Å². The van der Waals surface area contributed by atoms with E-state index in [9.17, 15) is 13.2 Å². The molecule has 116 valence electrons. The molecular formula is C13H20N4O3S. The van der Waals surface area contributed by atoms with Crippen molar-refractivity contribution in [2.45, 2.75) is 26.3 Å². The van der Waals surface area contributed by atoms with Gasteiger partial charge in [0.15, 0.2) is 15.5 Å². The van der Waals surface area contributed by atoms with Gasteiger partial charge in [-0.3, -0.25) is 4.79 Å². The van der Waals surface area contributed by atoms with E-state index in [1.165, 1.54) is 0 Å². The van der Waals surface area contributed by atoms with Gasteiger partial charge in [-0.1, -0.05) is 13.8 Å². The first kappa shape index (κ1) is 15.7. The van der Waals surface area contributed by atoms with Crippen LogP contribution in [0.25, 0.3) is 0 Å². The molecule has 1 unspecified atom stereocenters. The maximum absolute atomic E-state index is 12.0. The molecule has 0 aromatic carbocycles. The fourth-order valence-corrected chi connectivity index (χ4v) is 3.70. The van der Waals surface area contributed by atoms with E-state index in [0.29, 0.717) is 18.2 Å². The fourth-order valence-electron chi connectivity index (χ4n) is 2.02. The highest BCUT2D eigenvalue weighted by Gasteiger charge is 2.29. The summed E-state index contributed by atoms with van der Waals surface area (Å²) in [5.74, 6) is 0.838. The molecular weight excluding hydrogens is 292 g/mol. The van der Waals surface area contributed by atoms with Crippen LogP contribution < -0.4 is 10.6 Å². The maximum Gasteiger partial charge on any atom is 0.272 e. The number of rotatable bonds is 5. The van der Waals surface area contributed by atoms with Crippen LogP contribution in [0.15, 0.2) is 12.1 Å². The maximum atomic E-state index is 12.0. The minimum absolute atomic E-state index is 0.000195. The van der Waals surface area contributed by atoms with Crippen LogP contribution >= 0.6 is 0 Å². The minimum Gasteiger partial charge on any atom is -0.368 e. The molecule has 1 atom stereocenters. The van der Waals surface area contributed by atoms with E-state index in [4.69, 9.17) is 0 Å². The van der Waals surface area contributed by atoms with Crippen LogP contribution in [0.2, 0.25) is 0 Å². The highest BCUT2D eigenvalue weighted by atomic mass is 32.2. The quantitative estimate of drug-likeness (QED) is 0.819. The number of sulfone groups is 1. The summed E-state index contributed by atoms with van der Waals surface area (Å²) >= 11 is 0. The molecule has 1 aliphatic heterocycles. The van der Waals surface area contributed by atoms with E-state index in [-0.39, 0.29) is 29.1 Å². The van der Waals surface area contributed by atoms with Crippen molar-refractivity contribution >= 4 is 21.6 Å². The summed E-state index contributed by atoms with van der Waals surface area (Å²) in [4.78, 5) is 12.0. The highest BCUT2D eigenvalue weighted by Crippen LogP contribution is 2.12. The smallest absolute Gasteiger partial charge is 0.272 e. The Hall–Kier alpha value is -1.70.